The molecule has 0 aliphatic heterocycles. The topological polar surface area (TPSA) is 96.8 Å². The van der Waals surface area contributed by atoms with Crippen LogP contribution in [0.25, 0.3) is 5.82 Å². The van der Waals surface area contributed by atoms with Crippen LogP contribution < -0.4 is 16.0 Å². The molecule has 0 atom stereocenters. The fraction of sp³-hybridized carbons (Fsp3) is 0.167. The van der Waals surface area contributed by atoms with E-state index in [2.05, 4.69) is 30.9 Å². The zero-order valence-electron chi connectivity index (χ0n) is 17.6. The summed E-state index contributed by atoms with van der Waals surface area (Å²) in [6.07, 6.45) is 7.47. The van der Waals surface area contributed by atoms with Crippen molar-refractivity contribution in [2.45, 2.75) is 25.8 Å². The fourth-order valence-electron chi connectivity index (χ4n) is 3.32. The maximum Gasteiger partial charge on any atom is 0.255 e. The van der Waals surface area contributed by atoms with Crippen molar-refractivity contribution in [2.75, 3.05) is 16.0 Å². The van der Waals surface area contributed by atoms with Gasteiger partial charge in [-0.15, -0.1) is 0 Å². The van der Waals surface area contributed by atoms with Gasteiger partial charge in [-0.1, -0.05) is 24.3 Å². The van der Waals surface area contributed by atoms with Gasteiger partial charge >= 0.3 is 0 Å². The molecule has 5 rings (SSSR count). The lowest BCUT2D eigenvalue weighted by atomic mass is 10.1. The molecule has 0 radical (unpaired) electrons. The molecule has 0 unspecified atom stereocenters. The van der Waals surface area contributed by atoms with Crippen LogP contribution in [0, 0.1) is 6.92 Å². The molecule has 1 fully saturated rings. The Labute approximate surface area is 185 Å². The number of benzene rings is 2. The van der Waals surface area contributed by atoms with Gasteiger partial charge in [0.05, 0.1) is 0 Å². The lowest BCUT2D eigenvalue weighted by Gasteiger charge is -2.14. The quantitative estimate of drug-likeness (QED) is 0.402. The van der Waals surface area contributed by atoms with Crippen LogP contribution in [-0.2, 0) is 0 Å². The molecule has 1 saturated carbocycles. The van der Waals surface area contributed by atoms with Crippen LogP contribution in [0.1, 0.15) is 28.8 Å². The van der Waals surface area contributed by atoms with Crippen LogP contribution in [0.15, 0.2) is 73.3 Å². The minimum absolute atomic E-state index is 0.154. The number of nitrogens with one attached hydrogen (secondary N) is 3. The van der Waals surface area contributed by atoms with E-state index in [1.54, 1.807) is 24.7 Å². The predicted molar refractivity (Wildman–Crippen MR) is 125 cm³/mol. The van der Waals surface area contributed by atoms with Gasteiger partial charge in [-0.3, -0.25) is 9.36 Å². The Morgan fingerprint density at radius 1 is 1.03 bits per heavy atom. The molecule has 32 heavy (non-hydrogen) atoms. The first-order valence-corrected chi connectivity index (χ1v) is 10.5. The molecule has 8 heteroatoms. The number of aromatic nitrogens is 4. The molecule has 1 aliphatic rings. The molecule has 160 valence electrons. The van der Waals surface area contributed by atoms with Crippen LogP contribution in [-0.4, -0.2) is 31.5 Å². The van der Waals surface area contributed by atoms with Crippen LogP contribution in [0.2, 0.25) is 0 Å². The highest BCUT2D eigenvalue weighted by molar-refractivity contribution is 6.04. The molecule has 4 aromatic rings. The molecule has 0 spiro atoms. The third kappa shape index (κ3) is 4.44. The van der Waals surface area contributed by atoms with Crippen molar-refractivity contribution in [3.05, 3.63) is 84.4 Å². The summed E-state index contributed by atoms with van der Waals surface area (Å²) in [4.78, 5) is 25.7. The molecular weight excluding hydrogens is 402 g/mol. The molecule has 8 nitrogen and oxygen atoms in total. The van der Waals surface area contributed by atoms with E-state index >= 15 is 0 Å². The number of hydrogen-bond acceptors (Lipinski definition) is 6. The summed E-state index contributed by atoms with van der Waals surface area (Å²) in [6.45, 7) is 2.00. The van der Waals surface area contributed by atoms with Gasteiger partial charge in [-0.2, -0.15) is 0 Å². The number of aryl methyl sites for hydroxylation is 1. The van der Waals surface area contributed by atoms with Crippen molar-refractivity contribution in [2.24, 2.45) is 0 Å². The van der Waals surface area contributed by atoms with E-state index in [1.807, 2.05) is 60.2 Å². The highest BCUT2D eigenvalue weighted by Gasteiger charge is 2.21. The molecule has 0 saturated heterocycles. The average Bonchev–Trinajstić information content (AvgIpc) is 3.51. The van der Waals surface area contributed by atoms with Crippen molar-refractivity contribution in [1.82, 2.24) is 19.5 Å². The third-order valence-electron chi connectivity index (χ3n) is 5.25. The summed E-state index contributed by atoms with van der Waals surface area (Å²) < 4.78 is 1.87. The number of rotatable bonds is 7. The van der Waals surface area contributed by atoms with Crippen LogP contribution in [0.3, 0.4) is 0 Å². The number of amides is 1. The number of imidazole rings is 1. The van der Waals surface area contributed by atoms with Crippen molar-refractivity contribution in [3.63, 3.8) is 0 Å². The maximum atomic E-state index is 12.5. The highest BCUT2D eigenvalue weighted by atomic mass is 16.1. The monoisotopic (exact) mass is 425 g/mol. The maximum absolute atomic E-state index is 12.5. The Balaban J connectivity index is 1.36. The van der Waals surface area contributed by atoms with E-state index in [-0.39, 0.29) is 5.91 Å². The minimum atomic E-state index is -0.154. The lowest BCUT2D eigenvalue weighted by Crippen LogP contribution is -2.12. The number of carbonyl (C=O) groups excluding carboxylic acids is 1. The summed E-state index contributed by atoms with van der Waals surface area (Å²) in [7, 11) is 0. The zero-order chi connectivity index (χ0) is 21.9. The van der Waals surface area contributed by atoms with E-state index in [0.29, 0.717) is 29.1 Å². The van der Waals surface area contributed by atoms with Crippen LogP contribution in [0.4, 0.5) is 23.1 Å². The van der Waals surface area contributed by atoms with Gasteiger partial charge in [0.2, 0.25) is 5.95 Å². The molecule has 0 bridgehead atoms. The lowest BCUT2D eigenvalue weighted by molar-refractivity contribution is 0.102. The van der Waals surface area contributed by atoms with Gasteiger partial charge in [0.15, 0.2) is 0 Å². The molecule has 3 N–H and O–H groups in total. The van der Waals surface area contributed by atoms with Crippen LogP contribution >= 0.6 is 0 Å². The van der Waals surface area contributed by atoms with Crippen molar-refractivity contribution >= 4 is 29.0 Å². The Morgan fingerprint density at radius 3 is 2.69 bits per heavy atom. The standard InChI is InChI=1S/C24H23N7O/c1-16-7-8-19(29-23(32)17-5-3-2-4-6-17)13-20(16)30-24-25-11-12-31(24)22-14-21(26-15-27-22)28-18-9-10-18/h2-8,11-15,18H,9-10H2,1H3,(H,25,30)(H,29,32)(H,26,27,28). The fourth-order valence-corrected chi connectivity index (χ4v) is 3.32. The summed E-state index contributed by atoms with van der Waals surface area (Å²) in [5, 5.41) is 9.70. The van der Waals surface area contributed by atoms with E-state index in [9.17, 15) is 4.79 Å². The first kappa shape index (κ1) is 19.7. The average molecular weight is 425 g/mol. The second kappa shape index (κ2) is 8.50. The Bertz CT molecular complexity index is 1250. The molecular formula is C24H23N7O. The van der Waals surface area contributed by atoms with Crippen molar-refractivity contribution < 1.29 is 4.79 Å². The van der Waals surface area contributed by atoms with Gasteiger partial charge in [0, 0.05) is 41.4 Å². The molecule has 2 aromatic heterocycles. The Hall–Kier alpha value is -4.20. The first-order chi connectivity index (χ1) is 15.7. The zero-order valence-corrected chi connectivity index (χ0v) is 17.6. The third-order valence-corrected chi connectivity index (χ3v) is 5.25. The van der Waals surface area contributed by atoms with E-state index in [0.717, 1.165) is 17.1 Å². The van der Waals surface area contributed by atoms with E-state index in [1.165, 1.54) is 12.8 Å². The van der Waals surface area contributed by atoms with Gasteiger partial charge in [-0.25, -0.2) is 15.0 Å². The summed E-state index contributed by atoms with van der Waals surface area (Å²) >= 11 is 0. The first-order valence-electron chi connectivity index (χ1n) is 10.5. The molecule has 2 heterocycles. The largest absolute Gasteiger partial charge is 0.367 e. The Kier molecular flexibility index (Phi) is 5.25. The van der Waals surface area contributed by atoms with Crippen LogP contribution in [0.5, 0.6) is 0 Å². The molecule has 1 amide bonds. The van der Waals surface area contributed by atoms with Gasteiger partial charge in [0.25, 0.3) is 5.91 Å². The van der Waals surface area contributed by atoms with Gasteiger partial charge < -0.3 is 16.0 Å². The summed E-state index contributed by atoms with van der Waals surface area (Å²) in [6, 6.07) is 17.3. The van der Waals surface area contributed by atoms with Gasteiger partial charge in [-0.05, 0) is 49.6 Å². The van der Waals surface area contributed by atoms with E-state index < -0.39 is 0 Å². The summed E-state index contributed by atoms with van der Waals surface area (Å²) in [5.41, 5.74) is 3.17. The van der Waals surface area contributed by atoms with E-state index in [4.69, 9.17) is 0 Å². The summed E-state index contributed by atoms with van der Waals surface area (Å²) in [5.74, 6) is 1.99. The number of hydrogen-bond donors (Lipinski definition) is 3. The molecule has 1 aliphatic carbocycles. The van der Waals surface area contributed by atoms with Gasteiger partial charge in [0.1, 0.15) is 18.0 Å². The second-order valence-corrected chi connectivity index (χ2v) is 7.78. The number of anilines is 4. The normalized spacial score (nSPS) is 12.9. The minimum Gasteiger partial charge on any atom is -0.367 e. The van der Waals surface area contributed by atoms with Crippen molar-refractivity contribution in [1.29, 1.82) is 0 Å². The number of nitrogens with zero attached hydrogens (tertiary/aromatic N) is 4. The van der Waals surface area contributed by atoms with Crippen molar-refractivity contribution in [3.8, 4) is 5.82 Å². The molecule has 2 aromatic carbocycles. The Morgan fingerprint density at radius 2 is 1.88 bits per heavy atom. The smallest absolute Gasteiger partial charge is 0.255 e. The number of carbonyl (C=O) groups is 1. The predicted octanol–water partition coefficient (Wildman–Crippen LogP) is 4.54. The second-order valence-electron chi connectivity index (χ2n) is 7.78. The SMILES string of the molecule is Cc1ccc(NC(=O)c2ccccc2)cc1Nc1nccn1-c1cc(NC2CC2)ncn1. The highest BCUT2D eigenvalue weighted by Crippen LogP contribution is 2.27.